The number of quaternary nitrogens is 1. The lowest BCUT2D eigenvalue weighted by Crippen LogP contribution is -2.37. The number of nitrogens with zero attached hydrogens (tertiary/aromatic N) is 1. The van der Waals surface area contributed by atoms with Crippen LogP contribution in [0.5, 0.6) is 0 Å². The molecule has 0 heterocycles. The average Bonchev–Trinajstić information content (AvgIpc) is 3.08. The number of likely N-dealkylation sites (N-methyl/N-ethyl adjacent to an activating group) is 1. The monoisotopic (exact) mass is 747 g/mol. The van der Waals surface area contributed by atoms with E-state index in [-0.39, 0.29) is 25.8 Å². The molecule has 0 aliphatic heterocycles. The summed E-state index contributed by atoms with van der Waals surface area (Å²) in [5, 5.41) is 0. The van der Waals surface area contributed by atoms with Crippen LogP contribution in [0.1, 0.15) is 194 Å². The lowest BCUT2D eigenvalue weighted by atomic mass is 10.1. The fraction of sp³-hybridized carbons (Fsp3) is 0.929. The molecule has 9 heteroatoms. The molecule has 2 unspecified atom stereocenters. The van der Waals surface area contributed by atoms with Gasteiger partial charge in [0.25, 0.3) is 0 Å². The number of hydrogen-bond donors (Lipinski definition) is 1. The Labute approximate surface area is 316 Å². The Balaban J connectivity index is 4.20. The molecule has 1 N–H and O–H groups in total. The van der Waals surface area contributed by atoms with Crippen molar-refractivity contribution in [3.63, 3.8) is 0 Å². The van der Waals surface area contributed by atoms with Gasteiger partial charge in [0.15, 0.2) is 0 Å². The van der Waals surface area contributed by atoms with Crippen LogP contribution in [0, 0.1) is 0 Å². The van der Waals surface area contributed by atoms with Crippen molar-refractivity contribution in [2.75, 3.05) is 54.1 Å². The van der Waals surface area contributed by atoms with E-state index in [9.17, 15) is 14.3 Å². The first kappa shape index (κ1) is 50.2. The second-order valence-corrected chi connectivity index (χ2v) is 17.2. The van der Waals surface area contributed by atoms with Gasteiger partial charge >= 0.3 is 13.8 Å². The van der Waals surface area contributed by atoms with E-state index in [4.69, 9.17) is 18.5 Å². The topological polar surface area (TPSA) is 91.3 Å². The maximum atomic E-state index is 12.7. The Hall–Kier alpha value is -0.760. The van der Waals surface area contributed by atoms with Gasteiger partial charge in [0.05, 0.1) is 34.4 Å². The van der Waals surface area contributed by atoms with Crippen molar-refractivity contribution in [1.82, 2.24) is 0 Å². The number of hydrogen-bond acceptors (Lipinski definition) is 6. The summed E-state index contributed by atoms with van der Waals surface area (Å²) in [5.74, 6) is -0.316. The maximum absolute atomic E-state index is 12.7. The van der Waals surface area contributed by atoms with Crippen molar-refractivity contribution in [1.29, 1.82) is 0 Å². The summed E-state index contributed by atoms with van der Waals surface area (Å²) in [7, 11) is 1.67. The Morgan fingerprint density at radius 2 is 1.02 bits per heavy atom. The van der Waals surface area contributed by atoms with Crippen LogP contribution in [-0.4, -0.2) is 75.6 Å². The molecule has 0 fully saturated rings. The number of phosphoric ester groups is 1. The van der Waals surface area contributed by atoms with Gasteiger partial charge in [-0.2, -0.15) is 0 Å². The van der Waals surface area contributed by atoms with E-state index in [2.05, 4.69) is 26.0 Å². The lowest BCUT2D eigenvalue weighted by molar-refractivity contribution is -0.870. The molecule has 0 bridgehead atoms. The van der Waals surface area contributed by atoms with Gasteiger partial charge < -0.3 is 18.9 Å². The third-order valence-electron chi connectivity index (χ3n) is 9.33. The van der Waals surface area contributed by atoms with E-state index in [1.165, 1.54) is 141 Å². The van der Waals surface area contributed by atoms with E-state index in [0.717, 1.165) is 32.1 Å². The first-order valence-corrected chi connectivity index (χ1v) is 22.9. The lowest BCUT2D eigenvalue weighted by Gasteiger charge is -2.24. The normalized spacial score (nSPS) is 13.9. The Bertz CT molecular complexity index is 833. The van der Waals surface area contributed by atoms with E-state index < -0.39 is 13.9 Å². The van der Waals surface area contributed by atoms with Crippen molar-refractivity contribution in [2.45, 2.75) is 200 Å². The second-order valence-electron chi connectivity index (χ2n) is 15.7. The molecular weight excluding hydrogens is 661 g/mol. The molecule has 0 aromatic rings. The smallest absolute Gasteiger partial charge is 0.457 e. The van der Waals surface area contributed by atoms with Crippen molar-refractivity contribution in [3.05, 3.63) is 12.2 Å². The molecular formula is C42H85NO7P+. The van der Waals surface area contributed by atoms with Crippen molar-refractivity contribution < 1.29 is 37.3 Å². The minimum absolute atomic E-state index is 0.0908. The first-order chi connectivity index (χ1) is 24.6. The van der Waals surface area contributed by atoms with Crippen LogP contribution in [0.4, 0.5) is 0 Å². The molecule has 0 spiro atoms. The first-order valence-electron chi connectivity index (χ1n) is 21.4. The van der Waals surface area contributed by atoms with Gasteiger partial charge in [-0.05, 0) is 38.5 Å². The van der Waals surface area contributed by atoms with Gasteiger partial charge in [0, 0.05) is 13.0 Å². The van der Waals surface area contributed by atoms with Gasteiger partial charge in [-0.1, -0.05) is 161 Å². The number of esters is 1. The molecule has 0 rings (SSSR count). The maximum Gasteiger partial charge on any atom is 0.472 e. The Morgan fingerprint density at radius 1 is 0.588 bits per heavy atom. The van der Waals surface area contributed by atoms with Gasteiger partial charge in [0.2, 0.25) is 0 Å². The van der Waals surface area contributed by atoms with Crippen LogP contribution in [-0.2, 0) is 27.9 Å². The van der Waals surface area contributed by atoms with Crippen LogP contribution in [0.3, 0.4) is 0 Å². The number of phosphoric acid groups is 1. The molecule has 2 atom stereocenters. The minimum atomic E-state index is -4.26. The minimum Gasteiger partial charge on any atom is -0.457 e. The van der Waals surface area contributed by atoms with Crippen molar-refractivity contribution in [2.24, 2.45) is 0 Å². The molecule has 0 aromatic heterocycles. The zero-order valence-electron chi connectivity index (χ0n) is 34.4. The average molecular weight is 747 g/mol. The van der Waals surface area contributed by atoms with Crippen LogP contribution in [0.25, 0.3) is 0 Å². The number of ether oxygens (including phenoxy) is 2. The predicted octanol–water partition coefficient (Wildman–Crippen LogP) is 12.3. The summed E-state index contributed by atoms with van der Waals surface area (Å²) in [4.78, 5) is 22.8. The second kappa shape index (κ2) is 36.2. The third kappa shape index (κ3) is 40.3. The van der Waals surface area contributed by atoms with E-state index in [0.29, 0.717) is 24.1 Å². The summed E-state index contributed by atoms with van der Waals surface area (Å²) < 4.78 is 34.9. The largest absolute Gasteiger partial charge is 0.472 e. The molecule has 0 saturated heterocycles. The molecule has 8 nitrogen and oxygen atoms in total. The fourth-order valence-electron chi connectivity index (χ4n) is 5.96. The highest BCUT2D eigenvalue weighted by atomic mass is 31.2. The van der Waals surface area contributed by atoms with Crippen LogP contribution < -0.4 is 0 Å². The summed E-state index contributed by atoms with van der Waals surface area (Å²) >= 11 is 0. The SMILES string of the molecule is CCCCCCCCC/C=C\CCCCCCCCCC(=O)OC(COCCCCCCCCCCCCC)COP(=O)(O)OCC[N+](C)(C)C. The van der Waals surface area contributed by atoms with E-state index in [1.54, 1.807) is 0 Å². The predicted molar refractivity (Wildman–Crippen MR) is 215 cm³/mol. The number of allylic oxidation sites excluding steroid dienone is 2. The summed E-state index contributed by atoms with van der Waals surface area (Å²) in [6, 6.07) is 0. The number of carbonyl (C=O) groups is 1. The van der Waals surface area contributed by atoms with E-state index >= 15 is 0 Å². The van der Waals surface area contributed by atoms with Crippen LogP contribution in [0.15, 0.2) is 12.2 Å². The fourth-order valence-corrected chi connectivity index (χ4v) is 6.70. The summed E-state index contributed by atoms with van der Waals surface area (Å²) in [6.07, 6.45) is 38.1. The third-order valence-corrected chi connectivity index (χ3v) is 10.3. The highest BCUT2D eigenvalue weighted by Gasteiger charge is 2.26. The van der Waals surface area contributed by atoms with Crippen molar-refractivity contribution in [3.8, 4) is 0 Å². The molecule has 0 radical (unpaired) electrons. The summed E-state index contributed by atoms with van der Waals surface area (Å²) in [5.41, 5.74) is 0. The van der Waals surface area contributed by atoms with Gasteiger partial charge in [-0.3, -0.25) is 13.8 Å². The van der Waals surface area contributed by atoms with Gasteiger partial charge in [-0.15, -0.1) is 0 Å². The van der Waals surface area contributed by atoms with Crippen LogP contribution >= 0.6 is 7.82 Å². The number of unbranched alkanes of at least 4 members (excludes halogenated alkanes) is 24. The zero-order chi connectivity index (χ0) is 37.7. The zero-order valence-corrected chi connectivity index (χ0v) is 35.3. The quantitative estimate of drug-likeness (QED) is 0.0219. The van der Waals surface area contributed by atoms with Gasteiger partial charge in [0.1, 0.15) is 19.3 Å². The Kier molecular flexibility index (Phi) is 35.7. The number of carbonyl (C=O) groups excluding carboxylic acids is 1. The number of rotatable bonds is 40. The van der Waals surface area contributed by atoms with Crippen LogP contribution in [0.2, 0.25) is 0 Å². The highest BCUT2D eigenvalue weighted by Crippen LogP contribution is 2.43. The summed E-state index contributed by atoms with van der Waals surface area (Å²) in [6.45, 7) is 5.64. The molecule has 0 saturated carbocycles. The van der Waals surface area contributed by atoms with Crippen molar-refractivity contribution >= 4 is 13.8 Å². The standard InChI is InChI=1S/C42H84NO7P/c1-6-8-10-12-14-16-18-19-20-21-22-23-24-25-27-29-31-33-35-42(44)50-41(40-49-51(45,46)48-38-36-43(3,4)5)39-47-37-34-32-30-28-26-17-15-13-11-9-7-2/h20-21,41H,6-19,22-40H2,1-5H3/p+1/b21-20-. The molecule has 0 aromatic carbocycles. The molecule has 0 aliphatic rings. The Morgan fingerprint density at radius 3 is 1.49 bits per heavy atom. The highest BCUT2D eigenvalue weighted by molar-refractivity contribution is 7.47. The molecule has 0 amide bonds. The molecule has 51 heavy (non-hydrogen) atoms. The van der Waals surface area contributed by atoms with E-state index in [1.807, 2.05) is 21.1 Å². The van der Waals surface area contributed by atoms with Gasteiger partial charge in [-0.25, -0.2) is 4.57 Å². The molecule has 0 aliphatic carbocycles. The molecule has 304 valence electrons.